The molecule has 172 valence electrons. The second-order valence-corrected chi connectivity index (χ2v) is 7.88. The Bertz CT molecular complexity index is 1340. The Hall–Kier alpha value is -3.88. The van der Waals surface area contributed by atoms with E-state index in [1.807, 2.05) is 30.3 Å². The number of esters is 1. The lowest BCUT2D eigenvalue weighted by molar-refractivity contribution is -0.384. The van der Waals surface area contributed by atoms with Gasteiger partial charge in [0.25, 0.3) is 5.69 Å². The summed E-state index contributed by atoms with van der Waals surface area (Å²) in [5.74, 6) is -0.0174. The number of nitrogens with zero attached hydrogens (tertiary/aromatic N) is 2. The molecular weight excluding hydrogens is 483 g/mol. The molecule has 0 aromatic heterocycles. The van der Waals surface area contributed by atoms with Gasteiger partial charge >= 0.3 is 5.97 Å². The molecule has 3 aromatic carbocycles. The van der Waals surface area contributed by atoms with Gasteiger partial charge < -0.3 is 14.2 Å². The summed E-state index contributed by atoms with van der Waals surface area (Å²) in [6, 6.07) is 16.6. The van der Waals surface area contributed by atoms with Gasteiger partial charge in [-0.2, -0.15) is 0 Å². The van der Waals surface area contributed by atoms with Crippen molar-refractivity contribution >= 4 is 46.8 Å². The second-order valence-electron chi connectivity index (χ2n) is 7.07. The molecule has 0 spiro atoms. The highest BCUT2D eigenvalue weighted by atomic mass is 35.5. The van der Waals surface area contributed by atoms with Crippen LogP contribution >= 0.6 is 23.2 Å². The quantitative estimate of drug-likeness (QED) is 0.175. The minimum Gasteiger partial charge on any atom is -0.493 e. The topological polar surface area (TPSA) is 100 Å². The van der Waals surface area contributed by atoms with Crippen molar-refractivity contribution in [3.8, 4) is 11.5 Å². The fourth-order valence-electron chi connectivity index (χ4n) is 3.17. The Labute approximate surface area is 204 Å². The number of rotatable bonds is 7. The van der Waals surface area contributed by atoms with Gasteiger partial charge in [0.1, 0.15) is 6.61 Å². The van der Waals surface area contributed by atoms with E-state index in [-0.39, 0.29) is 32.9 Å². The smallest absolute Gasteiger partial charge is 0.363 e. The van der Waals surface area contributed by atoms with Crippen molar-refractivity contribution in [2.45, 2.75) is 6.61 Å². The highest BCUT2D eigenvalue weighted by molar-refractivity contribution is 6.35. The van der Waals surface area contributed by atoms with Gasteiger partial charge in [-0.1, -0.05) is 53.5 Å². The predicted molar refractivity (Wildman–Crippen MR) is 127 cm³/mol. The van der Waals surface area contributed by atoms with Crippen molar-refractivity contribution < 1.29 is 23.9 Å². The monoisotopic (exact) mass is 498 g/mol. The fourth-order valence-corrected chi connectivity index (χ4v) is 3.70. The highest BCUT2D eigenvalue weighted by Gasteiger charge is 2.27. The molecule has 34 heavy (non-hydrogen) atoms. The second kappa shape index (κ2) is 9.94. The van der Waals surface area contributed by atoms with Crippen LogP contribution in [0.3, 0.4) is 0 Å². The first-order valence-corrected chi connectivity index (χ1v) is 10.6. The molecular formula is C24H16Cl2N2O6. The number of hydrogen-bond acceptors (Lipinski definition) is 7. The van der Waals surface area contributed by atoms with Crippen LogP contribution in [-0.4, -0.2) is 23.9 Å². The van der Waals surface area contributed by atoms with Gasteiger partial charge in [-0.15, -0.1) is 0 Å². The van der Waals surface area contributed by atoms with Crippen molar-refractivity contribution in [3.63, 3.8) is 0 Å². The van der Waals surface area contributed by atoms with E-state index in [2.05, 4.69) is 4.99 Å². The van der Waals surface area contributed by atoms with Crippen LogP contribution in [0, 0.1) is 10.1 Å². The molecule has 0 atom stereocenters. The third kappa shape index (κ3) is 5.03. The van der Waals surface area contributed by atoms with Crippen molar-refractivity contribution in [1.82, 2.24) is 0 Å². The molecule has 0 saturated carbocycles. The molecule has 0 aliphatic carbocycles. The Morgan fingerprint density at radius 3 is 2.53 bits per heavy atom. The highest BCUT2D eigenvalue weighted by Crippen LogP contribution is 2.38. The van der Waals surface area contributed by atoms with E-state index in [9.17, 15) is 14.9 Å². The number of ether oxygens (including phenoxy) is 3. The lowest BCUT2D eigenvalue weighted by Gasteiger charge is -2.13. The zero-order valence-electron chi connectivity index (χ0n) is 17.7. The summed E-state index contributed by atoms with van der Waals surface area (Å²) >= 11 is 12.5. The zero-order chi connectivity index (χ0) is 24.2. The largest absolute Gasteiger partial charge is 0.493 e. The average Bonchev–Trinajstić information content (AvgIpc) is 3.18. The van der Waals surface area contributed by atoms with Gasteiger partial charge in [-0.25, -0.2) is 9.79 Å². The van der Waals surface area contributed by atoms with E-state index in [0.29, 0.717) is 23.7 Å². The maximum atomic E-state index is 12.4. The first-order chi connectivity index (χ1) is 16.4. The molecule has 1 aliphatic heterocycles. The van der Waals surface area contributed by atoms with Gasteiger partial charge in [0.2, 0.25) is 5.90 Å². The van der Waals surface area contributed by atoms with Crippen LogP contribution in [0.2, 0.25) is 10.0 Å². The maximum absolute atomic E-state index is 12.4. The van der Waals surface area contributed by atoms with Crippen molar-refractivity contribution in [3.05, 3.63) is 103 Å². The number of hydrogen-bond donors (Lipinski definition) is 0. The molecule has 0 bridgehead atoms. The summed E-state index contributed by atoms with van der Waals surface area (Å²) in [6.07, 6.45) is 1.48. The molecule has 0 N–H and O–H groups in total. The number of benzene rings is 3. The molecule has 3 aromatic rings. The van der Waals surface area contributed by atoms with Crippen LogP contribution in [0.4, 0.5) is 5.69 Å². The van der Waals surface area contributed by atoms with E-state index >= 15 is 0 Å². The zero-order valence-corrected chi connectivity index (χ0v) is 19.2. The molecule has 0 unspecified atom stereocenters. The van der Waals surface area contributed by atoms with Gasteiger partial charge in [-0.3, -0.25) is 10.1 Å². The first kappa shape index (κ1) is 23.3. The summed E-state index contributed by atoms with van der Waals surface area (Å²) < 4.78 is 16.5. The third-order valence-electron chi connectivity index (χ3n) is 4.80. The van der Waals surface area contributed by atoms with Crippen molar-refractivity contribution in [1.29, 1.82) is 0 Å². The Morgan fingerprint density at radius 1 is 1.09 bits per heavy atom. The van der Waals surface area contributed by atoms with Gasteiger partial charge in [-0.05, 0) is 35.4 Å². The standard InChI is InChI=1S/C24H16Cl2N2O6/c1-32-21-11-15(9-19(26)22(21)33-13-14-5-3-2-4-6-14)10-20-24(29)34-23(27-20)17-8-7-16(28(30)31)12-18(17)25/h2-12H,13H2,1H3/b20-10-. The summed E-state index contributed by atoms with van der Waals surface area (Å²) in [4.78, 5) is 26.9. The number of methoxy groups -OCH3 is 1. The Morgan fingerprint density at radius 2 is 1.85 bits per heavy atom. The lowest BCUT2D eigenvalue weighted by atomic mass is 10.1. The molecule has 10 heteroatoms. The third-order valence-corrected chi connectivity index (χ3v) is 5.39. The molecule has 1 aliphatic rings. The van der Waals surface area contributed by atoms with Gasteiger partial charge in [0.05, 0.1) is 27.6 Å². The molecule has 4 rings (SSSR count). The first-order valence-electron chi connectivity index (χ1n) is 9.87. The SMILES string of the molecule is COc1cc(/C=C2\N=C(c3ccc([N+](=O)[O-])cc3Cl)OC2=O)cc(Cl)c1OCc1ccccc1. The maximum Gasteiger partial charge on any atom is 0.363 e. The molecule has 0 fully saturated rings. The molecule has 1 heterocycles. The molecule has 0 amide bonds. The molecule has 0 saturated heterocycles. The number of non-ortho nitro benzene ring substituents is 1. The number of carbonyl (C=O) groups is 1. The Kier molecular flexibility index (Phi) is 6.81. The fraction of sp³-hybridized carbons (Fsp3) is 0.0833. The Balaban J connectivity index is 1.60. The van der Waals surface area contributed by atoms with Crippen molar-refractivity contribution in [2.24, 2.45) is 4.99 Å². The summed E-state index contributed by atoms with van der Waals surface area (Å²) in [6.45, 7) is 0.299. The van der Waals surface area contributed by atoms with Crippen LogP contribution in [-0.2, 0) is 16.1 Å². The normalized spacial score (nSPS) is 14.0. The van der Waals surface area contributed by atoms with Gasteiger partial charge in [0.15, 0.2) is 17.2 Å². The van der Waals surface area contributed by atoms with E-state index in [0.717, 1.165) is 11.6 Å². The van der Waals surface area contributed by atoms with Crippen LogP contribution in [0.25, 0.3) is 6.08 Å². The number of carbonyl (C=O) groups excluding carboxylic acids is 1. The van der Waals surface area contributed by atoms with Crippen LogP contribution in [0.1, 0.15) is 16.7 Å². The predicted octanol–water partition coefficient (Wildman–Crippen LogP) is 5.83. The summed E-state index contributed by atoms with van der Waals surface area (Å²) in [5.41, 5.74) is 1.56. The number of nitro groups is 1. The summed E-state index contributed by atoms with van der Waals surface area (Å²) in [7, 11) is 1.48. The molecule has 8 nitrogen and oxygen atoms in total. The average molecular weight is 499 g/mol. The minimum absolute atomic E-state index is 0.000457. The van der Waals surface area contributed by atoms with E-state index in [4.69, 9.17) is 37.4 Å². The summed E-state index contributed by atoms with van der Waals surface area (Å²) in [5, 5.41) is 11.2. The minimum atomic E-state index is -0.705. The lowest BCUT2D eigenvalue weighted by Crippen LogP contribution is -2.06. The van der Waals surface area contributed by atoms with Crippen LogP contribution in [0.5, 0.6) is 11.5 Å². The number of halogens is 2. The number of nitro benzene ring substituents is 1. The number of aliphatic imine (C=N–C) groups is 1. The van der Waals surface area contributed by atoms with E-state index in [1.54, 1.807) is 12.1 Å². The van der Waals surface area contributed by atoms with E-state index in [1.165, 1.54) is 25.3 Å². The van der Waals surface area contributed by atoms with Crippen molar-refractivity contribution in [2.75, 3.05) is 7.11 Å². The number of cyclic esters (lactones) is 1. The van der Waals surface area contributed by atoms with E-state index < -0.39 is 10.9 Å². The van der Waals surface area contributed by atoms with Crippen LogP contribution < -0.4 is 9.47 Å². The molecule has 0 radical (unpaired) electrons. The van der Waals surface area contributed by atoms with Gasteiger partial charge in [0, 0.05) is 12.1 Å². The van der Waals surface area contributed by atoms with Crippen LogP contribution in [0.15, 0.2) is 71.4 Å².